The highest BCUT2D eigenvalue weighted by molar-refractivity contribution is 5.98. The van der Waals surface area contributed by atoms with E-state index in [1.54, 1.807) is 48.5 Å². The van der Waals surface area contributed by atoms with Crippen molar-refractivity contribution in [2.75, 3.05) is 17.2 Å². The van der Waals surface area contributed by atoms with Crippen molar-refractivity contribution in [2.45, 2.75) is 116 Å². The lowest BCUT2D eigenvalue weighted by Crippen LogP contribution is -2.14. The van der Waals surface area contributed by atoms with Crippen LogP contribution >= 0.6 is 0 Å². The number of benzene rings is 9. The van der Waals surface area contributed by atoms with E-state index in [0.717, 1.165) is 62.7 Å². The number of nitrogens with zero attached hydrogens (tertiary/aromatic N) is 3. The Morgan fingerprint density at radius 1 is 0.317 bits per heavy atom. The highest BCUT2D eigenvalue weighted by Gasteiger charge is 2.31. The van der Waals surface area contributed by atoms with E-state index in [1.807, 2.05) is 55.5 Å². The summed E-state index contributed by atoms with van der Waals surface area (Å²) in [5, 5.41) is 0. The molecule has 0 saturated heterocycles. The molecule has 120 heavy (non-hydrogen) atoms. The van der Waals surface area contributed by atoms with Crippen LogP contribution in [0.1, 0.15) is 164 Å². The number of aryl methyl sites for hydroxylation is 1. The Bertz CT molecular complexity index is 5830. The van der Waals surface area contributed by atoms with Gasteiger partial charge in [0.05, 0.1) is 28.2 Å². The Labute approximate surface area is 685 Å². The molecule has 0 saturated carbocycles. The zero-order valence-corrected chi connectivity index (χ0v) is 65.4. The molecule has 0 aliphatic heterocycles. The largest absolute Gasteiger partial charge is 0.384 e. The summed E-state index contributed by atoms with van der Waals surface area (Å²) in [5.41, 5.74) is 32.3. The highest BCUT2D eigenvalue weighted by Crippen LogP contribution is 2.42. The number of ketones is 5. The van der Waals surface area contributed by atoms with E-state index >= 15 is 0 Å². The van der Waals surface area contributed by atoms with Crippen LogP contribution in [0.3, 0.4) is 0 Å². The molecule has 0 radical (unpaired) electrons. The lowest BCUT2D eigenvalue weighted by molar-refractivity contribution is -0.119. The Hall–Kier alpha value is -13.4. The molecular weight excluding hydrogens is 1550 g/mol. The van der Waals surface area contributed by atoms with E-state index in [4.69, 9.17) is 17.2 Å². The van der Waals surface area contributed by atoms with E-state index in [-0.39, 0.29) is 104 Å². The fourth-order valence-electron chi connectivity index (χ4n) is 15.9. The second kappa shape index (κ2) is 37.1. The fourth-order valence-corrected chi connectivity index (χ4v) is 15.9. The van der Waals surface area contributed by atoms with Gasteiger partial charge in [0.15, 0.2) is 11.6 Å². The second-order valence-electron chi connectivity index (χ2n) is 30.4. The molecule has 3 aliphatic rings. The summed E-state index contributed by atoms with van der Waals surface area (Å²) >= 11 is 0. The Morgan fingerprint density at radius 3 is 0.892 bits per heavy atom. The van der Waals surface area contributed by atoms with E-state index in [9.17, 15) is 72.3 Å². The van der Waals surface area contributed by atoms with E-state index in [1.165, 1.54) is 123 Å². The molecule has 608 valence electrons. The van der Waals surface area contributed by atoms with Gasteiger partial charge in [-0.1, -0.05) is 78.4 Å². The Morgan fingerprint density at radius 2 is 0.600 bits per heavy atom. The van der Waals surface area contributed by atoms with Gasteiger partial charge in [0, 0.05) is 91.2 Å². The third-order valence-electron chi connectivity index (χ3n) is 21.4. The number of aromatic nitrogens is 3. The number of Topliss-reactive ketones (excluding diaryl/α,β-unsaturated/α-hetero) is 5. The molecular formula is C98H79F11N6O5. The molecule has 3 aliphatic carbocycles. The predicted molar refractivity (Wildman–Crippen MR) is 442 cm³/mol. The van der Waals surface area contributed by atoms with Gasteiger partial charge in [0.25, 0.3) is 0 Å². The standard InChI is InChI=1S/2C33H26F4N2O2.C32H27F3N2O/c2*1-18(40)29-15-22(5-8-31(29)37)28-7-9-32(38)39-33(28)23(10-19-11-25(35)16-26(36)12-19)14-27(41)13-21-3-2-20-4-6-24(34)17-30(20)21;1-19-2-4-21(5-3-19)29-10-11-31(36)37-32(29)24(12-20-13-26(34)17-27(35)14-20)16-28(38)15-23-7-6-22-8-9-25(33)18-30(22)23/h2*3-9,11-12,15-17,23H,2,10,13-14H2,1H3,(H2,38,39);2-5,7-11,13-14,17-18,24H,6,12,15-16H2,1H3,(H2,36,37)/t2*23-;/m10./s1. The molecule has 0 amide bonds. The van der Waals surface area contributed by atoms with Crippen LogP contribution in [0, 0.1) is 70.9 Å². The molecule has 15 rings (SSSR count). The molecule has 9 aromatic carbocycles. The van der Waals surface area contributed by atoms with Gasteiger partial charge in [-0.2, -0.15) is 0 Å². The number of hydrogen-bond acceptors (Lipinski definition) is 11. The summed E-state index contributed by atoms with van der Waals surface area (Å²) in [7, 11) is 0. The zero-order chi connectivity index (χ0) is 85.3. The van der Waals surface area contributed by atoms with Gasteiger partial charge in [-0.05, 0) is 276 Å². The third kappa shape index (κ3) is 20.9. The van der Waals surface area contributed by atoms with Crippen LogP contribution in [-0.2, 0) is 52.9 Å². The second-order valence-corrected chi connectivity index (χ2v) is 30.4. The summed E-state index contributed by atoms with van der Waals surface area (Å²) in [6.07, 6.45) is 8.02. The molecule has 0 spiro atoms. The average Bonchev–Trinajstić information content (AvgIpc) is 1.06. The molecule has 6 N–H and O–H groups in total. The van der Waals surface area contributed by atoms with Crippen molar-refractivity contribution in [3.8, 4) is 33.4 Å². The molecule has 1 unspecified atom stereocenters. The fraction of sp³-hybridized carbons (Fsp3) is 0.184. The maximum absolute atomic E-state index is 14.3. The zero-order valence-electron chi connectivity index (χ0n) is 65.4. The summed E-state index contributed by atoms with van der Waals surface area (Å²) in [6.45, 7) is 4.51. The first-order valence-electron chi connectivity index (χ1n) is 38.7. The maximum Gasteiger partial charge on any atom is 0.162 e. The first-order chi connectivity index (χ1) is 57.4. The number of pyridine rings is 3. The summed E-state index contributed by atoms with van der Waals surface area (Å²) in [6, 6.07) is 49.3. The molecule has 3 heterocycles. The van der Waals surface area contributed by atoms with Crippen LogP contribution < -0.4 is 17.2 Å². The minimum atomic E-state index is -0.759. The van der Waals surface area contributed by atoms with Gasteiger partial charge in [0.2, 0.25) is 0 Å². The SMILES string of the molecule is CC(=O)c1cc(-c2ccc(N)nc2[C@@H](CC(=O)CC2=CCc3ccc(F)cc32)Cc2cc(F)cc(F)c2)ccc1F.CC(=O)c1cc(-c2ccc(N)nc2[C@H](CC(=O)CC2=CCc3ccc(F)cc32)Cc2cc(F)cc(F)c2)ccc1F.Cc1ccc(-c2ccc(N)nc2C(CC(=O)CC2=CCc3ccc(F)cc32)Cc2cc(F)cc(F)c2)cc1. The minimum absolute atomic E-state index is 0.0349. The van der Waals surface area contributed by atoms with Gasteiger partial charge in [-0.25, -0.2) is 63.2 Å². The van der Waals surface area contributed by atoms with Crippen molar-refractivity contribution in [1.29, 1.82) is 0 Å². The lowest BCUT2D eigenvalue weighted by Gasteiger charge is -2.21. The Kier molecular flexibility index (Phi) is 26.1. The molecule has 0 bridgehead atoms. The number of carbonyl (C=O) groups excluding carboxylic acids is 5. The minimum Gasteiger partial charge on any atom is -0.384 e. The van der Waals surface area contributed by atoms with Crippen LogP contribution in [0.2, 0.25) is 0 Å². The molecule has 0 fully saturated rings. The summed E-state index contributed by atoms with van der Waals surface area (Å²) in [5.74, 6) is -9.49. The maximum atomic E-state index is 14.3. The molecule has 12 aromatic rings. The highest BCUT2D eigenvalue weighted by atomic mass is 19.2. The van der Waals surface area contributed by atoms with Crippen LogP contribution in [0.4, 0.5) is 65.7 Å². The third-order valence-corrected chi connectivity index (χ3v) is 21.4. The molecule has 22 heteroatoms. The first-order valence-corrected chi connectivity index (χ1v) is 38.7. The van der Waals surface area contributed by atoms with Crippen LogP contribution in [-0.4, -0.2) is 43.9 Å². The van der Waals surface area contributed by atoms with Crippen molar-refractivity contribution < 1.29 is 72.3 Å². The number of nitrogens with two attached hydrogens (primary N) is 3. The van der Waals surface area contributed by atoms with Crippen molar-refractivity contribution in [2.24, 2.45) is 0 Å². The predicted octanol–water partition coefficient (Wildman–Crippen LogP) is 22.2. The lowest BCUT2D eigenvalue weighted by atomic mass is 9.85. The number of rotatable bonds is 26. The number of nitrogen functional groups attached to an aromatic ring is 3. The summed E-state index contributed by atoms with van der Waals surface area (Å²) in [4.78, 5) is 78.1. The molecule has 3 aromatic heterocycles. The van der Waals surface area contributed by atoms with Gasteiger partial charge in [-0.15, -0.1) is 0 Å². The number of hydrogen-bond donors (Lipinski definition) is 3. The van der Waals surface area contributed by atoms with Gasteiger partial charge < -0.3 is 17.2 Å². The normalized spacial score (nSPS) is 13.1. The van der Waals surface area contributed by atoms with E-state index in [0.29, 0.717) is 103 Å². The van der Waals surface area contributed by atoms with Crippen molar-refractivity contribution >= 4 is 63.1 Å². The van der Waals surface area contributed by atoms with Crippen LogP contribution in [0.25, 0.3) is 50.1 Å². The van der Waals surface area contributed by atoms with Gasteiger partial charge in [0.1, 0.15) is 98.8 Å². The van der Waals surface area contributed by atoms with E-state index < -0.39 is 87.5 Å². The van der Waals surface area contributed by atoms with Crippen LogP contribution in [0.15, 0.2) is 224 Å². The quantitative estimate of drug-likeness (QED) is 0.0344. The van der Waals surface area contributed by atoms with Gasteiger partial charge >= 0.3 is 0 Å². The number of allylic oxidation sites excluding steroid dienone is 6. The van der Waals surface area contributed by atoms with Crippen molar-refractivity contribution in [3.63, 3.8) is 0 Å². The smallest absolute Gasteiger partial charge is 0.162 e. The number of anilines is 3. The number of halogens is 11. The topological polar surface area (TPSA) is 202 Å². The van der Waals surface area contributed by atoms with Crippen molar-refractivity contribution in [3.05, 3.63) is 372 Å². The van der Waals surface area contributed by atoms with Crippen LogP contribution in [0.5, 0.6) is 0 Å². The van der Waals surface area contributed by atoms with E-state index in [2.05, 4.69) is 15.0 Å². The number of carbonyl (C=O) groups is 5. The Balaban J connectivity index is 0.000000156. The van der Waals surface area contributed by atoms with Gasteiger partial charge in [-0.3, -0.25) is 24.0 Å². The monoisotopic (exact) mass is 1630 g/mol. The first kappa shape index (κ1) is 84.5. The molecule has 11 nitrogen and oxygen atoms in total. The summed E-state index contributed by atoms with van der Waals surface area (Å²) < 4.78 is 155. The average molecular weight is 1630 g/mol. The molecule has 3 atom stereocenters. The van der Waals surface area contributed by atoms with Crippen molar-refractivity contribution in [1.82, 2.24) is 15.0 Å². The number of fused-ring (bicyclic) bond motifs is 3.